The summed E-state index contributed by atoms with van der Waals surface area (Å²) in [5.41, 5.74) is 1.76. The van der Waals surface area contributed by atoms with Gasteiger partial charge in [-0.25, -0.2) is 26.3 Å². The molecule has 0 radical (unpaired) electrons. The summed E-state index contributed by atoms with van der Waals surface area (Å²) in [4.78, 5) is 0.0927. The Kier molecular flexibility index (Phi) is 8.21. The van der Waals surface area contributed by atoms with Gasteiger partial charge in [0.2, 0.25) is 20.0 Å². The molecule has 0 unspecified atom stereocenters. The van der Waals surface area contributed by atoms with Gasteiger partial charge in [-0.1, -0.05) is 42.5 Å². The van der Waals surface area contributed by atoms with E-state index in [1.165, 1.54) is 25.3 Å². The molecule has 3 rings (SSSR count). The predicted octanol–water partition coefficient (Wildman–Crippen LogP) is 3.83. The minimum atomic E-state index is -3.89. The third-order valence-electron chi connectivity index (χ3n) is 5.17. The number of nitriles is 1. The number of hydrogen-bond donors (Lipinski definition) is 2. The van der Waals surface area contributed by atoms with Crippen LogP contribution in [0.15, 0.2) is 76.5 Å². The number of hydrogen-bond acceptors (Lipinski definition) is 6. The molecule has 0 aromatic heterocycles. The van der Waals surface area contributed by atoms with Crippen molar-refractivity contribution >= 4 is 20.0 Å². The standard InChI is InChI=1S/C26H29N3O5S2/c1-26(2,3)29-36(32,33)24-8-6-5-7-22(24)21-12-9-19(10-13-21)15-16-28-35(30,31)25-17-20(18-27)11-14-23(25)34-4/h5-14,17,28-29H,15-16H2,1-4H3. The highest BCUT2D eigenvalue weighted by Gasteiger charge is 2.25. The molecule has 2 N–H and O–H groups in total. The van der Waals surface area contributed by atoms with Crippen molar-refractivity contribution in [1.29, 1.82) is 5.26 Å². The molecule has 0 amide bonds. The zero-order chi connectivity index (χ0) is 26.6. The molecule has 0 saturated carbocycles. The molecule has 10 heteroatoms. The molecule has 0 spiro atoms. The van der Waals surface area contributed by atoms with Crippen LogP contribution in [0.4, 0.5) is 0 Å². The molecule has 0 fully saturated rings. The van der Waals surface area contributed by atoms with Crippen LogP contribution in [0.25, 0.3) is 11.1 Å². The third-order valence-corrected chi connectivity index (χ3v) is 8.47. The molecule has 0 aliphatic rings. The van der Waals surface area contributed by atoms with E-state index in [2.05, 4.69) is 9.44 Å². The molecule has 190 valence electrons. The highest BCUT2D eigenvalue weighted by atomic mass is 32.2. The Labute approximate surface area is 213 Å². The molecule has 3 aromatic carbocycles. The van der Waals surface area contributed by atoms with Crippen LogP contribution in [0.5, 0.6) is 5.75 Å². The maximum atomic E-state index is 12.9. The molecule has 0 heterocycles. The van der Waals surface area contributed by atoms with Crippen molar-refractivity contribution in [2.45, 2.75) is 42.5 Å². The molecular weight excluding hydrogens is 498 g/mol. The van der Waals surface area contributed by atoms with E-state index in [9.17, 15) is 16.8 Å². The van der Waals surface area contributed by atoms with Crippen molar-refractivity contribution in [2.24, 2.45) is 0 Å². The largest absolute Gasteiger partial charge is 0.495 e. The number of ether oxygens (including phenoxy) is 1. The maximum absolute atomic E-state index is 12.9. The zero-order valence-corrected chi connectivity index (χ0v) is 22.2. The SMILES string of the molecule is COc1ccc(C#N)cc1S(=O)(=O)NCCc1ccc(-c2ccccc2S(=O)(=O)NC(C)(C)C)cc1. The fraction of sp³-hybridized carbons (Fsp3) is 0.269. The van der Waals surface area contributed by atoms with E-state index in [1.807, 2.05) is 30.3 Å². The average Bonchev–Trinajstić information content (AvgIpc) is 2.82. The van der Waals surface area contributed by atoms with Crippen molar-refractivity contribution < 1.29 is 21.6 Å². The molecule has 0 atom stereocenters. The van der Waals surface area contributed by atoms with Gasteiger partial charge in [-0.05, 0) is 62.6 Å². The summed E-state index contributed by atoms with van der Waals surface area (Å²) in [6, 6.07) is 20.2. The lowest BCUT2D eigenvalue weighted by molar-refractivity contribution is 0.402. The quantitative estimate of drug-likeness (QED) is 0.436. The average molecular weight is 528 g/mol. The second-order valence-corrected chi connectivity index (χ2v) is 12.6. The first-order valence-corrected chi connectivity index (χ1v) is 14.1. The summed E-state index contributed by atoms with van der Waals surface area (Å²) in [6.45, 7) is 5.48. The Morgan fingerprint density at radius 3 is 2.17 bits per heavy atom. The summed E-state index contributed by atoms with van der Waals surface area (Å²) in [5, 5.41) is 9.09. The van der Waals surface area contributed by atoms with Crippen molar-refractivity contribution in [3.05, 3.63) is 77.9 Å². The van der Waals surface area contributed by atoms with Gasteiger partial charge in [-0.2, -0.15) is 5.26 Å². The van der Waals surface area contributed by atoms with Crippen LogP contribution in [0.2, 0.25) is 0 Å². The van der Waals surface area contributed by atoms with Gasteiger partial charge in [0.15, 0.2) is 0 Å². The monoisotopic (exact) mass is 527 g/mol. The second-order valence-electron chi connectivity index (χ2n) is 9.17. The number of rotatable bonds is 9. The third kappa shape index (κ3) is 6.71. The number of sulfonamides is 2. The molecule has 36 heavy (non-hydrogen) atoms. The van der Waals surface area contributed by atoms with E-state index in [0.717, 1.165) is 11.1 Å². The number of nitrogens with one attached hydrogen (secondary N) is 2. The summed E-state index contributed by atoms with van der Waals surface area (Å²) in [7, 11) is -6.26. The molecule has 8 nitrogen and oxygen atoms in total. The molecule has 0 saturated heterocycles. The van der Waals surface area contributed by atoms with Crippen LogP contribution in [0, 0.1) is 11.3 Å². The fourth-order valence-corrected chi connectivity index (χ4v) is 6.49. The van der Waals surface area contributed by atoms with Crippen LogP contribution >= 0.6 is 0 Å². The highest BCUT2D eigenvalue weighted by Crippen LogP contribution is 2.28. The van der Waals surface area contributed by atoms with E-state index in [1.54, 1.807) is 45.0 Å². The Morgan fingerprint density at radius 1 is 0.889 bits per heavy atom. The van der Waals surface area contributed by atoms with Crippen LogP contribution < -0.4 is 14.2 Å². The van der Waals surface area contributed by atoms with E-state index >= 15 is 0 Å². The first-order chi connectivity index (χ1) is 16.9. The normalized spacial score (nSPS) is 12.2. The van der Waals surface area contributed by atoms with E-state index < -0.39 is 25.6 Å². The van der Waals surface area contributed by atoms with Crippen molar-refractivity contribution in [3.8, 4) is 22.9 Å². The van der Waals surface area contributed by atoms with E-state index in [4.69, 9.17) is 10.00 Å². The lowest BCUT2D eigenvalue weighted by Gasteiger charge is -2.21. The summed E-state index contributed by atoms with van der Waals surface area (Å²) in [6.07, 6.45) is 0.408. The van der Waals surface area contributed by atoms with Crippen LogP contribution in [0.3, 0.4) is 0 Å². The zero-order valence-electron chi connectivity index (χ0n) is 20.6. The Balaban J connectivity index is 1.75. The predicted molar refractivity (Wildman–Crippen MR) is 139 cm³/mol. The van der Waals surface area contributed by atoms with Gasteiger partial charge in [0.1, 0.15) is 10.6 Å². The van der Waals surface area contributed by atoms with Gasteiger partial charge in [0.25, 0.3) is 0 Å². The van der Waals surface area contributed by atoms with Crippen LogP contribution in [-0.4, -0.2) is 36.0 Å². The Hall–Kier alpha value is -3.23. The fourth-order valence-electron chi connectivity index (χ4n) is 3.61. The van der Waals surface area contributed by atoms with Crippen LogP contribution in [0.1, 0.15) is 31.9 Å². The lowest BCUT2D eigenvalue weighted by Crippen LogP contribution is -2.40. The van der Waals surface area contributed by atoms with Crippen molar-refractivity contribution in [1.82, 2.24) is 9.44 Å². The second kappa shape index (κ2) is 10.8. The summed E-state index contributed by atoms with van der Waals surface area (Å²) < 4.78 is 61.8. The van der Waals surface area contributed by atoms with Crippen molar-refractivity contribution in [3.63, 3.8) is 0 Å². The number of benzene rings is 3. The van der Waals surface area contributed by atoms with Gasteiger partial charge in [0, 0.05) is 17.6 Å². The number of nitrogens with zero attached hydrogens (tertiary/aromatic N) is 1. The smallest absolute Gasteiger partial charge is 0.244 e. The molecule has 0 aliphatic heterocycles. The Morgan fingerprint density at radius 2 is 1.56 bits per heavy atom. The topological polar surface area (TPSA) is 125 Å². The van der Waals surface area contributed by atoms with E-state index in [-0.39, 0.29) is 27.6 Å². The number of methoxy groups -OCH3 is 1. The maximum Gasteiger partial charge on any atom is 0.244 e. The minimum absolute atomic E-state index is 0.0962. The minimum Gasteiger partial charge on any atom is -0.495 e. The molecular formula is C26H29N3O5S2. The lowest BCUT2D eigenvalue weighted by atomic mass is 10.0. The molecule has 3 aromatic rings. The van der Waals surface area contributed by atoms with Gasteiger partial charge in [-0.3, -0.25) is 0 Å². The first-order valence-electron chi connectivity index (χ1n) is 11.2. The van der Waals surface area contributed by atoms with Gasteiger partial charge in [0.05, 0.1) is 23.6 Å². The van der Waals surface area contributed by atoms with E-state index in [0.29, 0.717) is 12.0 Å². The Bertz CT molecular complexity index is 1490. The summed E-state index contributed by atoms with van der Waals surface area (Å²) >= 11 is 0. The molecule has 0 bridgehead atoms. The van der Waals surface area contributed by atoms with Crippen LogP contribution in [-0.2, 0) is 26.5 Å². The summed E-state index contributed by atoms with van der Waals surface area (Å²) in [5.74, 6) is 0.153. The van der Waals surface area contributed by atoms with Crippen molar-refractivity contribution in [2.75, 3.05) is 13.7 Å². The highest BCUT2D eigenvalue weighted by molar-refractivity contribution is 7.90. The van der Waals surface area contributed by atoms with Gasteiger partial charge in [-0.15, -0.1) is 0 Å². The molecule has 0 aliphatic carbocycles. The first kappa shape index (κ1) is 27.4. The van der Waals surface area contributed by atoms with Gasteiger partial charge >= 0.3 is 0 Å². The van der Waals surface area contributed by atoms with Gasteiger partial charge < -0.3 is 4.74 Å².